The number of aromatic nitrogens is 7. The third-order valence-corrected chi connectivity index (χ3v) is 5.31. The second-order valence-electron chi connectivity index (χ2n) is 7.44. The fraction of sp³-hybridized carbons (Fsp3) is 0.421. The van der Waals surface area contributed by atoms with Gasteiger partial charge in [0.05, 0.1) is 11.8 Å². The van der Waals surface area contributed by atoms with Crippen molar-refractivity contribution in [2.45, 2.75) is 44.9 Å². The lowest BCUT2D eigenvalue weighted by Crippen LogP contribution is -2.41. The summed E-state index contributed by atoms with van der Waals surface area (Å²) in [4.78, 5) is 8.89. The van der Waals surface area contributed by atoms with Gasteiger partial charge in [-0.1, -0.05) is 5.21 Å². The average molecular weight is 429 g/mol. The van der Waals surface area contributed by atoms with Crippen LogP contribution >= 0.6 is 0 Å². The van der Waals surface area contributed by atoms with Crippen LogP contribution in [-0.2, 0) is 11.3 Å². The SMILES string of the molecule is CCOC1CC(Nc2nc(N)c3c(-c4ccc5nnn(CC(F)F)c5n4)ccn3n2)C1. The first-order chi connectivity index (χ1) is 15.0. The molecule has 12 heteroatoms. The lowest BCUT2D eigenvalue weighted by molar-refractivity contribution is 0.00283. The van der Waals surface area contributed by atoms with Gasteiger partial charge in [-0.3, -0.25) is 0 Å². The first kappa shape index (κ1) is 19.5. The number of pyridine rings is 1. The molecule has 5 rings (SSSR count). The van der Waals surface area contributed by atoms with Crippen LogP contribution in [0.25, 0.3) is 27.9 Å². The summed E-state index contributed by atoms with van der Waals surface area (Å²) < 4.78 is 33.9. The van der Waals surface area contributed by atoms with Gasteiger partial charge in [-0.05, 0) is 38.0 Å². The van der Waals surface area contributed by atoms with Crippen LogP contribution in [0.1, 0.15) is 19.8 Å². The number of ether oxygens (including phenoxy) is 1. The van der Waals surface area contributed by atoms with Gasteiger partial charge in [0.25, 0.3) is 6.43 Å². The Labute approximate surface area is 175 Å². The van der Waals surface area contributed by atoms with Crippen molar-refractivity contribution in [2.75, 3.05) is 17.7 Å². The molecule has 1 fully saturated rings. The van der Waals surface area contributed by atoms with Crippen molar-refractivity contribution in [2.24, 2.45) is 0 Å². The highest BCUT2D eigenvalue weighted by Crippen LogP contribution is 2.30. The molecule has 1 aliphatic carbocycles. The molecule has 0 bridgehead atoms. The van der Waals surface area contributed by atoms with Crippen LogP contribution in [0.3, 0.4) is 0 Å². The Balaban J connectivity index is 1.44. The van der Waals surface area contributed by atoms with Crippen molar-refractivity contribution in [3.05, 3.63) is 24.4 Å². The van der Waals surface area contributed by atoms with Gasteiger partial charge < -0.3 is 15.8 Å². The van der Waals surface area contributed by atoms with Crippen molar-refractivity contribution >= 4 is 28.4 Å². The molecule has 4 heterocycles. The molecule has 0 atom stereocenters. The topological polar surface area (TPSA) is 121 Å². The van der Waals surface area contributed by atoms with Gasteiger partial charge in [0.2, 0.25) is 5.95 Å². The van der Waals surface area contributed by atoms with E-state index in [2.05, 4.69) is 30.7 Å². The number of nitrogens with one attached hydrogen (secondary N) is 1. The zero-order valence-electron chi connectivity index (χ0n) is 16.7. The highest BCUT2D eigenvalue weighted by Gasteiger charge is 2.30. The maximum absolute atomic E-state index is 12.8. The molecule has 0 unspecified atom stereocenters. The molecule has 10 nitrogen and oxygen atoms in total. The molecule has 0 spiro atoms. The van der Waals surface area contributed by atoms with Crippen molar-refractivity contribution in [3.8, 4) is 11.3 Å². The summed E-state index contributed by atoms with van der Waals surface area (Å²) >= 11 is 0. The van der Waals surface area contributed by atoms with E-state index in [4.69, 9.17) is 10.5 Å². The van der Waals surface area contributed by atoms with E-state index in [-0.39, 0.29) is 17.8 Å². The van der Waals surface area contributed by atoms with Crippen molar-refractivity contribution < 1.29 is 13.5 Å². The second-order valence-corrected chi connectivity index (χ2v) is 7.44. The number of hydrogen-bond acceptors (Lipinski definition) is 8. The lowest BCUT2D eigenvalue weighted by Gasteiger charge is -2.35. The predicted octanol–water partition coefficient (Wildman–Crippen LogP) is 2.36. The summed E-state index contributed by atoms with van der Waals surface area (Å²) in [6, 6.07) is 5.49. The number of halogens is 2. The number of nitrogen functional groups attached to an aromatic ring is 1. The summed E-state index contributed by atoms with van der Waals surface area (Å²) in [5.41, 5.74) is 8.79. The minimum Gasteiger partial charge on any atom is -0.382 e. The third kappa shape index (κ3) is 3.63. The van der Waals surface area contributed by atoms with E-state index in [1.807, 2.05) is 13.0 Å². The summed E-state index contributed by atoms with van der Waals surface area (Å²) in [7, 11) is 0. The van der Waals surface area contributed by atoms with E-state index in [1.165, 1.54) is 0 Å². The van der Waals surface area contributed by atoms with E-state index < -0.39 is 13.0 Å². The molecule has 4 aromatic rings. The third-order valence-electron chi connectivity index (χ3n) is 5.31. The van der Waals surface area contributed by atoms with Gasteiger partial charge in [0, 0.05) is 24.4 Å². The molecule has 162 valence electrons. The first-order valence-electron chi connectivity index (χ1n) is 10.0. The maximum atomic E-state index is 12.8. The summed E-state index contributed by atoms with van der Waals surface area (Å²) in [5.74, 6) is 0.731. The van der Waals surface area contributed by atoms with E-state index >= 15 is 0 Å². The van der Waals surface area contributed by atoms with Gasteiger partial charge in [-0.15, -0.1) is 10.2 Å². The van der Waals surface area contributed by atoms with E-state index in [9.17, 15) is 8.78 Å². The van der Waals surface area contributed by atoms with Crippen LogP contribution in [0, 0.1) is 0 Å². The normalized spacial score (nSPS) is 18.7. The molecule has 31 heavy (non-hydrogen) atoms. The Morgan fingerprint density at radius 3 is 2.87 bits per heavy atom. The molecule has 0 radical (unpaired) electrons. The number of hydrogen-bond donors (Lipinski definition) is 2. The number of nitrogens with zero attached hydrogens (tertiary/aromatic N) is 7. The molecule has 0 aliphatic heterocycles. The summed E-state index contributed by atoms with van der Waals surface area (Å²) in [6.45, 7) is 2.12. The molecule has 4 aromatic heterocycles. The molecular weight excluding hydrogens is 408 g/mol. The standard InChI is InChI=1S/C19H21F2N9O/c1-2-31-11-7-10(8-11)23-19-25-17(22)16-12(5-6-29(16)27-19)13-3-4-14-18(24-13)30(28-26-14)9-15(20)21/h3-6,10-11,15H,2,7-9H2,1H3,(H3,22,23,25,27). The number of rotatable bonds is 7. The zero-order chi connectivity index (χ0) is 21.5. The Hall–Kier alpha value is -3.41. The molecular formula is C19H21F2N9O. The monoisotopic (exact) mass is 429 g/mol. The van der Waals surface area contributed by atoms with E-state index in [0.717, 1.165) is 17.5 Å². The highest BCUT2D eigenvalue weighted by atomic mass is 19.3. The second kappa shape index (κ2) is 7.69. The molecule has 3 N–H and O–H groups in total. The highest BCUT2D eigenvalue weighted by molar-refractivity contribution is 5.88. The number of anilines is 2. The molecule has 1 saturated carbocycles. The molecule has 0 saturated heterocycles. The van der Waals surface area contributed by atoms with Crippen LogP contribution in [0.2, 0.25) is 0 Å². The number of alkyl halides is 2. The largest absolute Gasteiger partial charge is 0.382 e. The van der Waals surface area contributed by atoms with E-state index in [0.29, 0.717) is 40.7 Å². The molecule has 0 amide bonds. The average Bonchev–Trinajstić information content (AvgIpc) is 3.30. The Bertz CT molecular complexity index is 1230. The first-order valence-corrected chi connectivity index (χ1v) is 10.0. The van der Waals surface area contributed by atoms with Crippen molar-refractivity contribution in [1.82, 2.24) is 34.6 Å². The number of fused-ring (bicyclic) bond motifs is 2. The Morgan fingerprint density at radius 2 is 2.10 bits per heavy atom. The minimum atomic E-state index is -2.56. The van der Waals surface area contributed by atoms with Gasteiger partial charge in [-0.25, -0.2) is 23.0 Å². The lowest BCUT2D eigenvalue weighted by atomic mass is 9.89. The van der Waals surface area contributed by atoms with Crippen molar-refractivity contribution in [3.63, 3.8) is 0 Å². The predicted molar refractivity (Wildman–Crippen MR) is 110 cm³/mol. The van der Waals surface area contributed by atoms with Gasteiger partial charge in [0.1, 0.15) is 17.6 Å². The van der Waals surface area contributed by atoms with Crippen molar-refractivity contribution in [1.29, 1.82) is 0 Å². The maximum Gasteiger partial charge on any atom is 0.258 e. The number of nitrogens with two attached hydrogens (primary N) is 1. The zero-order valence-corrected chi connectivity index (χ0v) is 16.7. The fourth-order valence-corrected chi connectivity index (χ4v) is 3.82. The minimum absolute atomic E-state index is 0.245. The van der Waals surface area contributed by atoms with Gasteiger partial charge in [-0.2, -0.15) is 4.98 Å². The Kier molecular flexibility index (Phi) is 4.85. The molecule has 0 aromatic carbocycles. The van der Waals surface area contributed by atoms with Crippen LogP contribution in [0.4, 0.5) is 20.5 Å². The summed E-state index contributed by atoms with van der Waals surface area (Å²) in [5, 5.41) is 15.4. The van der Waals surface area contributed by atoms with Crippen LogP contribution < -0.4 is 11.1 Å². The van der Waals surface area contributed by atoms with Gasteiger partial charge >= 0.3 is 0 Å². The van der Waals surface area contributed by atoms with Crippen LogP contribution in [0.15, 0.2) is 24.4 Å². The quantitative estimate of drug-likeness (QED) is 0.459. The fourth-order valence-electron chi connectivity index (χ4n) is 3.82. The Morgan fingerprint density at radius 1 is 1.26 bits per heavy atom. The van der Waals surface area contributed by atoms with Crippen LogP contribution in [0.5, 0.6) is 0 Å². The molecule has 1 aliphatic rings. The smallest absolute Gasteiger partial charge is 0.258 e. The summed E-state index contributed by atoms with van der Waals surface area (Å²) in [6.07, 6.45) is 1.28. The van der Waals surface area contributed by atoms with Crippen LogP contribution in [-0.4, -0.2) is 59.8 Å². The van der Waals surface area contributed by atoms with E-state index in [1.54, 1.807) is 22.8 Å². The van der Waals surface area contributed by atoms with Gasteiger partial charge in [0.15, 0.2) is 11.5 Å².